The minimum absolute atomic E-state index is 0.263. The molecule has 1 aliphatic rings. The number of thiocarbonyl (C=S) groups is 1. The number of nitrogens with one attached hydrogen (secondary N) is 2. The van der Waals surface area contributed by atoms with E-state index in [1.165, 1.54) is 12.1 Å². The van der Waals surface area contributed by atoms with Crippen LogP contribution in [0.2, 0.25) is 0 Å². The van der Waals surface area contributed by atoms with Gasteiger partial charge in [-0.2, -0.15) is 0 Å². The maximum absolute atomic E-state index is 13.1. The lowest BCUT2D eigenvalue weighted by molar-refractivity contribution is 0.627. The number of guanidine groups is 1. The first-order valence-corrected chi connectivity index (χ1v) is 8.83. The zero-order valence-corrected chi connectivity index (χ0v) is 15.7. The van der Waals surface area contributed by atoms with Crippen LogP contribution in [0.1, 0.15) is 16.7 Å². The van der Waals surface area contributed by atoms with E-state index in [0.717, 1.165) is 47.1 Å². The van der Waals surface area contributed by atoms with Crippen molar-refractivity contribution in [2.24, 2.45) is 10.7 Å². The molecular formula is C19H22FN5S. The molecule has 0 unspecified atom stereocenters. The third-order valence-electron chi connectivity index (χ3n) is 4.27. The van der Waals surface area contributed by atoms with Crippen molar-refractivity contribution < 1.29 is 4.39 Å². The van der Waals surface area contributed by atoms with Crippen molar-refractivity contribution in [3.05, 3.63) is 58.9 Å². The van der Waals surface area contributed by atoms with Crippen molar-refractivity contribution >= 4 is 34.7 Å². The van der Waals surface area contributed by atoms with Gasteiger partial charge in [0.05, 0.1) is 13.1 Å². The smallest absolute Gasteiger partial charge is 0.195 e. The monoisotopic (exact) mass is 371 g/mol. The van der Waals surface area contributed by atoms with Gasteiger partial charge in [0, 0.05) is 17.9 Å². The molecule has 0 saturated heterocycles. The van der Waals surface area contributed by atoms with Crippen molar-refractivity contribution in [2.45, 2.75) is 20.4 Å². The van der Waals surface area contributed by atoms with Gasteiger partial charge in [-0.15, -0.1) is 0 Å². The minimum atomic E-state index is -0.263. The average molecular weight is 371 g/mol. The Morgan fingerprint density at radius 1 is 1.27 bits per heavy atom. The van der Waals surface area contributed by atoms with Crippen LogP contribution in [0.25, 0.3) is 0 Å². The molecule has 2 aromatic carbocycles. The van der Waals surface area contributed by atoms with Crippen LogP contribution in [0.15, 0.2) is 41.4 Å². The van der Waals surface area contributed by atoms with Gasteiger partial charge in [0.25, 0.3) is 0 Å². The Labute approximate surface area is 158 Å². The third-order valence-corrected chi connectivity index (χ3v) is 4.49. The summed E-state index contributed by atoms with van der Waals surface area (Å²) in [5.41, 5.74) is 10.9. The molecule has 26 heavy (non-hydrogen) atoms. The van der Waals surface area contributed by atoms with Crippen molar-refractivity contribution in [2.75, 3.05) is 23.3 Å². The third kappa shape index (κ3) is 4.11. The molecule has 136 valence electrons. The van der Waals surface area contributed by atoms with Crippen LogP contribution in [0.3, 0.4) is 0 Å². The molecule has 3 rings (SSSR count). The van der Waals surface area contributed by atoms with E-state index in [2.05, 4.69) is 15.6 Å². The first-order chi connectivity index (χ1) is 12.4. The van der Waals surface area contributed by atoms with Gasteiger partial charge in [0.2, 0.25) is 0 Å². The summed E-state index contributed by atoms with van der Waals surface area (Å²) in [4.78, 5) is 6.22. The molecule has 7 heteroatoms. The van der Waals surface area contributed by atoms with E-state index >= 15 is 0 Å². The molecule has 0 atom stereocenters. The van der Waals surface area contributed by atoms with Gasteiger partial charge in [-0.1, -0.05) is 12.1 Å². The van der Waals surface area contributed by atoms with Crippen LogP contribution in [0, 0.1) is 19.7 Å². The number of hydrogen-bond acceptors (Lipinski definition) is 4. The first kappa shape index (κ1) is 18.1. The number of nitrogens with two attached hydrogens (primary N) is 1. The Morgan fingerprint density at radius 3 is 2.46 bits per heavy atom. The van der Waals surface area contributed by atoms with Gasteiger partial charge in [-0.25, -0.2) is 4.39 Å². The number of aliphatic imine (C=N–C) groups is 1. The molecule has 0 fully saturated rings. The molecule has 0 amide bonds. The van der Waals surface area contributed by atoms with Gasteiger partial charge in [0.15, 0.2) is 11.1 Å². The van der Waals surface area contributed by atoms with Crippen molar-refractivity contribution in [1.29, 1.82) is 0 Å². The number of hydrogen-bond donors (Lipinski definition) is 3. The van der Waals surface area contributed by atoms with Gasteiger partial charge in [-0.05, 0) is 67.0 Å². The van der Waals surface area contributed by atoms with Crippen LogP contribution in [-0.4, -0.2) is 24.2 Å². The number of nitrogens with zero attached hydrogens (tertiary/aromatic N) is 2. The second-order valence-electron chi connectivity index (χ2n) is 6.29. The van der Waals surface area contributed by atoms with E-state index in [4.69, 9.17) is 18.0 Å². The first-order valence-electron chi connectivity index (χ1n) is 8.42. The predicted molar refractivity (Wildman–Crippen MR) is 109 cm³/mol. The molecule has 0 aromatic heterocycles. The maximum Gasteiger partial charge on any atom is 0.195 e. The Kier molecular flexibility index (Phi) is 5.37. The molecule has 1 heterocycles. The number of anilines is 2. The maximum atomic E-state index is 13.1. The lowest BCUT2D eigenvalue weighted by atomic mass is 10.1. The fourth-order valence-electron chi connectivity index (χ4n) is 2.96. The highest BCUT2D eigenvalue weighted by Gasteiger charge is 2.15. The van der Waals surface area contributed by atoms with Crippen LogP contribution >= 0.6 is 12.2 Å². The van der Waals surface area contributed by atoms with Gasteiger partial charge in [-0.3, -0.25) is 4.99 Å². The summed E-state index contributed by atoms with van der Waals surface area (Å²) < 4.78 is 13.1. The summed E-state index contributed by atoms with van der Waals surface area (Å²) in [7, 11) is 0. The van der Waals surface area contributed by atoms with Gasteiger partial charge in [0.1, 0.15) is 5.82 Å². The Morgan fingerprint density at radius 2 is 1.92 bits per heavy atom. The summed E-state index contributed by atoms with van der Waals surface area (Å²) in [5, 5.41) is 6.83. The molecule has 4 N–H and O–H groups in total. The van der Waals surface area contributed by atoms with Crippen LogP contribution in [0.4, 0.5) is 15.8 Å². The second kappa shape index (κ2) is 7.70. The molecule has 0 radical (unpaired) electrons. The number of rotatable bonds is 4. The van der Waals surface area contributed by atoms with Crippen LogP contribution in [0.5, 0.6) is 0 Å². The number of aryl methyl sites for hydroxylation is 2. The fourth-order valence-corrected chi connectivity index (χ4v) is 3.13. The SMILES string of the molecule is Cc1cc(N(Cc2ccc(F)cc2)C(N)=S)cc(C)c1NC1=NCCN1. The topological polar surface area (TPSA) is 65.7 Å². The summed E-state index contributed by atoms with van der Waals surface area (Å²) in [5.74, 6) is 0.530. The number of benzene rings is 2. The summed E-state index contributed by atoms with van der Waals surface area (Å²) in [6.07, 6.45) is 0. The minimum Gasteiger partial charge on any atom is -0.376 e. The average Bonchev–Trinajstić information content (AvgIpc) is 3.10. The van der Waals surface area contributed by atoms with E-state index in [1.807, 2.05) is 30.9 Å². The molecule has 0 bridgehead atoms. The van der Waals surface area contributed by atoms with Crippen molar-refractivity contribution in [3.63, 3.8) is 0 Å². The molecule has 2 aromatic rings. The number of halogens is 1. The largest absolute Gasteiger partial charge is 0.376 e. The fraction of sp³-hybridized carbons (Fsp3) is 0.263. The van der Waals surface area contributed by atoms with E-state index in [1.54, 1.807) is 12.1 Å². The Hall–Kier alpha value is -2.67. The quantitative estimate of drug-likeness (QED) is 0.721. The zero-order chi connectivity index (χ0) is 18.7. The summed E-state index contributed by atoms with van der Waals surface area (Å²) >= 11 is 5.24. The van der Waals surface area contributed by atoms with E-state index in [0.29, 0.717) is 6.54 Å². The summed E-state index contributed by atoms with van der Waals surface area (Å²) in [6, 6.07) is 10.4. The van der Waals surface area contributed by atoms with Crippen molar-refractivity contribution in [3.8, 4) is 0 Å². The molecule has 0 saturated carbocycles. The summed E-state index contributed by atoms with van der Waals surface area (Å²) in [6.45, 7) is 6.18. The molecular weight excluding hydrogens is 349 g/mol. The normalized spacial score (nSPS) is 13.1. The predicted octanol–water partition coefficient (Wildman–Crippen LogP) is 3.06. The lowest BCUT2D eigenvalue weighted by Crippen LogP contribution is -2.35. The second-order valence-corrected chi connectivity index (χ2v) is 6.71. The van der Waals surface area contributed by atoms with Gasteiger partial charge >= 0.3 is 0 Å². The molecule has 5 nitrogen and oxygen atoms in total. The Balaban J connectivity index is 1.87. The molecule has 0 aliphatic carbocycles. The zero-order valence-electron chi connectivity index (χ0n) is 14.8. The van der Waals surface area contributed by atoms with E-state index in [-0.39, 0.29) is 10.9 Å². The highest BCUT2D eigenvalue weighted by Crippen LogP contribution is 2.28. The Bertz CT molecular complexity index is 825. The standard InChI is InChI=1S/C19H22FN5S/c1-12-9-16(10-13(2)17(12)24-19-22-7-8-23-19)25(18(21)26)11-14-3-5-15(20)6-4-14/h3-6,9-10H,7-8,11H2,1-2H3,(H2,21,26)(H2,22,23,24). The highest BCUT2D eigenvalue weighted by molar-refractivity contribution is 7.80. The van der Waals surface area contributed by atoms with E-state index in [9.17, 15) is 4.39 Å². The van der Waals surface area contributed by atoms with E-state index < -0.39 is 0 Å². The van der Waals surface area contributed by atoms with Crippen LogP contribution < -0.4 is 21.3 Å². The van der Waals surface area contributed by atoms with Gasteiger partial charge < -0.3 is 21.3 Å². The van der Waals surface area contributed by atoms with Crippen molar-refractivity contribution in [1.82, 2.24) is 5.32 Å². The molecule has 0 spiro atoms. The molecule has 1 aliphatic heterocycles. The van der Waals surface area contributed by atoms with Crippen LogP contribution in [-0.2, 0) is 6.54 Å². The highest BCUT2D eigenvalue weighted by atomic mass is 32.1. The lowest BCUT2D eigenvalue weighted by Gasteiger charge is -2.25.